The molecule has 4 nitrogen and oxygen atoms in total. The van der Waals surface area contributed by atoms with Gasteiger partial charge >= 0.3 is 5.97 Å². The first-order chi connectivity index (χ1) is 13.6. The number of anilines is 1. The van der Waals surface area contributed by atoms with Crippen LogP contribution in [0.1, 0.15) is 79.1 Å². The Balaban J connectivity index is 2.01. The summed E-state index contributed by atoms with van der Waals surface area (Å²) in [6.07, 6.45) is 4.12. The van der Waals surface area contributed by atoms with E-state index >= 15 is 0 Å². The largest absolute Gasteiger partial charge is 0.478 e. The third-order valence-corrected chi connectivity index (χ3v) is 6.02. The standard InChI is InChI=1S/C25H32N2O2/c1-7-10-27-23-11-17(3)20(12-21(23)18(4)14-25(27,5)6)15-26-22-13-19(24(28)29)9-8-16(22)2/h8-9,11-13,15,18H,7,10,14H2,1-6H3,(H,28,29). The van der Waals surface area contributed by atoms with E-state index in [9.17, 15) is 9.90 Å². The molecule has 4 heteroatoms. The summed E-state index contributed by atoms with van der Waals surface area (Å²) >= 11 is 0. The minimum Gasteiger partial charge on any atom is -0.478 e. The maximum Gasteiger partial charge on any atom is 0.335 e. The van der Waals surface area contributed by atoms with Crippen molar-refractivity contribution >= 4 is 23.6 Å². The Bertz CT molecular complexity index is 960. The van der Waals surface area contributed by atoms with Crippen molar-refractivity contribution in [1.29, 1.82) is 0 Å². The van der Waals surface area contributed by atoms with Crippen molar-refractivity contribution in [1.82, 2.24) is 0 Å². The second-order valence-corrected chi connectivity index (χ2v) is 8.90. The maximum atomic E-state index is 11.3. The number of aryl methyl sites for hydroxylation is 2. The SMILES string of the molecule is CCCN1c2cc(C)c(C=Nc3cc(C(=O)O)ccc3C)cc2C(C)CC1(C)C. The Kier molecular flexibility index (Phi) is 5.83. The first-order valence-corrected chi connectivity index (χ1v) is 10.4. The highest BCUT2D eigenvalue weighted by Gasteiger charge is 2.36. The second-order valence-electron chi connectivity index (χ2n) is 8.90. The number of rotatable bonds is 5. The Labute approximate surface area is 174 Å². The van der Waals surface area contributed by atoms with Crippen molar-refractivity contribution in [2.24, 2.45) is 4.99 Å². The average Bonchev–Trinajstić information content (AvgIpc) is 2.64. The van der Waals surface area contributed by atoms with Gasteiger partial charge in [-0.2, -0.15) is 0 Å². The number of aliphatic imine (C=N–C) groups is 1. The fourth-order valence-electron chi connectivity index (χ4n) is 4.46. The van der Waals surface area contributed by atoms with Gasteiger partial charge in [0.2, 0.25) is 0 Å². The lowest BCUT2D eigenvalue weighted by Gasteiger charge is -2.48. The van der Waals surface area contributed by atoms with E-state index in [1.165, 1.54) is 16.8 Å². The molecule has 1 aliphatic rings. The third-order valence-electron chi connectivity index (χ3n) is 6.02. The predicted molar refractivity (Wildman–Crippen MR) is 121 cm³/mol. The monoisotopic (exact) mass is 392 g/mol. The summed E-state index contributed by atoms with van der Waals surface area (Å²) in [7, 11) is 0. The third kappa shape index (κ3) is 4.21. The van der Waals surface area contributed by atoms with Crippen molar-refractivity contribution in [3.63, 3.8) is 0 Å². The van der Waals surface area contributed by atoms with Crippen molar-refractivity contribution in [2.75, 3.05) is 11.4 Å². The van der Waals surface area contributed by atoms with E-state index in [0.717, 1.165) is 30.5 Å². The van der Waals surface area contributed by atoms with Crippen LogP contribution < -0.4 is 4.90 Å². The van der Waals surface area contributed by atoms with Gasteiger partial charge in [-0.25, -0.2) is 4.79 Å². The zero-order valence-corrected chi connectivity index (χ0v) is 18.4. The summed E-state index contributed by atoms with van der Waals surface area (Å²) in [5.74, 6) is -0.447. The van der Waals surface area contributed by atoms with Gasteiger partial charge in [-0.3, -0.25) is 4.99 Å². The van der Waals surface area contributed by atoms with Gasteiger partial charge in [0.1, 0.15) is 0 Å². The van der Waals surface area contributed by atoms with Crippen LogP contribution >= 0.6 is 0 Å². The Morgan fingerprint density at radius 2 is 1.97 bits per heavy atom. The molecule has 0 spiro atoms. The zero-order valence-electron chi connectivity index (χ0n) is 18.4. The van der Waals surface area contributed by atoms with Gasteiger partial charge in [0.25, 0.3) is 0 Å². The van der Waals surface area contributed by atoms with Crippen LogP contribution in [0.15, 0.2) is 35.3 Å². The van der Waals surface area contributed by atoms with Crippen LogP contribution in [-0.2, 0) is 0 Å². The summed E-state index contributed by atoms with van der Waals surface area (Å²) in [6.45, 7) is 14.3. The molecule has 1 atom stereocenters. The molecule has 2 aromatic rings. The molecular weight excluding hydrogens is 360 g/mol. The lowest BCUT2D eigenvalue weighted by atomic mass is 9.79. The molecule has 0 saturated carbocycles. The first kappa shape index (κ1) is 21.1. The molecular formula is C25H32N2O2. The molecule has 1 N–H and O–H groups in total. The number of carboxylic acid groups (broad SMARTS) is 1. The Morgan fingerprint density at radius 3 is 2.62 bits per heavy atom. The van der Waals surface area contributed by atoms with Gasteiger partial charge in [-0.1, -0.05) is 19.9 Å². The molecule has 0 amide bonds. The highest BCUT2D eigenvalue weighted by molar-refractivity contribution is 5.90. The molecule has 1 unspecified atom stereocenters. The number of carboxylic acids is 1. The number of hydrogen-bond acceptors (Lipinski definition) is 3. The van der Waals surface area contributed by atoms with Crippen molar-refractivity contribution in [3.8, 4) is 0 Å². The molecule has 1 heterocycles. The maximum absolute atomic E-state index is 11.3. The summed E-state index contributed by atoms with van der Waals surface area (Å²) < 4.78 is 0. The molecule has 0 aliphatic carbocycles. The average molecular weight is 393 g/mol. The normalized spacial score (nSPS) is 18.1. The highest BCUT2D eigenvalue weighted by Crippen LogP contribution is 2.44. The van der Waals surface area contributed by atoms with Gasteiger partial charge < -0.3 is 10.0 Å². The van der Waals surface area contributed by atoms with E-state index < -0.39 is 5.97 Å². The summed E-state index contributed by atoms with van der Waals surface area (Å²) in [5.41, 5.74) is 7.07. The molecule has 154 valence electrons. The van der Waals surface area contributed by atoms with Gasteiger partial charge in [-0.15, -0.1) is 0 Å². The molecule has 0 radical (unpaired) electrons. The van der Waals surface area contributed by atoms with Crippen LogP contribution in [0.2, 0.25) is 0 Å². The Morgan fingerprint density at radius 1 is 1.24 bits per heavy atom. The van der Waals surface area contributed by atoms with Crippen molar-refractivity contribution in [3.05, 3.63) is 58.1 Å². The van der Waals surface area contributed by atoms with Gasteiger partial charge in [0, 0.05) is 24.0 Å². The van der Waals surface area contributed by atoms with Crippen LogP contribution in [0.4, 0.5) is 11.4 Å². The lowest BCUT2D eigenvalue weighted by Crippen LogP contribution is -2.48. The zero-order chi connectivity index (χ0) is 21.3. The van der Waals surface area contributed by atoms with E-state index in [-0.39, 0.29) is 11.1 Å². The van der Waals surface area contributed by atoms with Crippen LogP contribution in [0.25, 0.3) is 0 Å². The first-order valence-electron chi connectivity index (χ1n) is 10.4. The quantitative estimate of drug-likeness (QED) is 0.612. The van der Waals surface area contributed by atoms with Crippen LogP contribution in [0.3, 0.4) is 0 Å². The number of carbonyl (C=O) groups is 1. The molecule has 0 aromatic heterocycles. The van der Waals surface area contributed by atoms with Gasteiger partial charge in [0.05, 0.1) is 11.3 Å². The topological polar surface area (TPSA) is 52.9 Å². The number of aromatic carboxylic acids is 1. The van der Waals surface area contributed by atoms with E-state index in [1.807, 2.05) is 19.2 Å². The van der Waals surface area contributed by atoms with Crippen molar-refractivity contribution < 1.29 is 9.90 Å². The number of hydrogen-bond donors (Lipinski definition) is 1. The number of fused-ring (bicyclic) bond motifs is 1. The number of nitrogens with zero attached hydrogens (tertiary/aromatic N) is 2. The smallest absolute Gasteiger partial charge is 0.335 e. The highest BCUT2D eigenvalue weighted by atomic mass is 16.4. The molecule has 1 aliphatic heterocycles. The van der Waals surface area contributed by atoms with Gasteiger partial charge in [-0.05, 0) is 93.0 Å². The second kappa shape index (κ2) is 8.02. The molecule has 2 aromatic carbocycles. The fraction of sp³-hybridized carbons (Fsp3) is 0.440. The molecule has 0 fully saturated rings. The fourth-order valence-corrected chi connectivity index (χ4v) is 4.46. The molecule has 29 heavy (non-hydrogen) atoms. The minimum absolute atomic E-state index is 0.152. The molecule has 3 rings (SSSR count). The van der Waals surface area contributed by atoms with E-state index in [4.69, 9.17) is 0 Å². The van der Waals surface area contributed by atoms with E-state index in [0.29, 0.717) is 11.6 Å². The number of benzene rings is 2. The summed E-state index contributed by atoms with van der Waals surface area (Å²) in [4.78, 5) is 18.5. The van der Waals surface area contributed by atoms with Crippen molar-refractivity contribution in [2.45, 2.75) is 65.8 Å². The molecule has 0 bridgehead atoms. The van der Waals surface area contributed by atoms with Crippen LogP contribution in [0.5, 0.6) is 0 Å². The Hall–Kier alpha value is -2.62. The van der Waals surface area contributed by atoms with Crippen LogP contribution in [0, 0.1) is 13.8 Å². The summed E-state index contributed by atoms with van der Waals surface area (Å²) in [6, 6.07) is 9.63. The molecule has 0 saturated heterocycles. The van der Waals surface area contributed by atoms with E-state index in [1.54, 1.807) is 12.1 Å². The minimum atomic E-state index is -0.932. The van der Waals surface area contributed by atoms with Crippen LogP contribution in [-0.4, -0.2) is 29.4 Å². The predicted octanol–water partition coefficient (Wildman–Crippen LogP) is 6.25. The lowest BCUT2D eigenvalue weighted by molar-refractivity contribution is 0.0697. The van der Waals surface area contributed by atoms with Gasteiger partial charge in [0.15, 0.2) is 0 Å². The van der Waals surface area contributed by atoms with E-state index in [2.05, 4.69) is 56.6 Å². The summed E-state index contributed by atoms with van der Waals surface area (Å²) in [5, 5.41) is 9.25.